The number of likely N-dealkylation sites (tertiary alicyclic amines) is 1. The molecule has 1 saturated heterocycles. The normalized spacial score (nSPS) is 16.9. The molecule has 1 aromatic heterocycles. The Kier molecular flexibility index (Phi) is 4.70. The van der Waals surface area contributed by atoms with Gasteiger partial charge in [-0.25, -0.2) is 0 Å². The molecule has 148 valence electrons. The topological polar surface area (TPSA) is 50.5 Å². The number of nitrogens with zero attached hydrogens (tertiary/aromatic N) is 1. The Morgan fingerprint density at radius 1 is 1.00 bits per heavy atom. The molecule has 0 spiro atoms. The molecule has 1 amide bonds. The van der Waals surface area contributed by atoms with Crippen LogP contribution in [0, 0.1) is 5.92 Å². The summed E-state index contributed by atoms with van der Waals surface area (Å²) in [6, 6.07) is 13.8. The highest BCUT2D eigenvalue weighted by Gasteiger charge is 2.28. The number of amides is 1. The first-order valence-electron chi connectivity index (χ1n) is 10.6. The van der Waals surface area contributed by atoms with E-state index in [-0.39, 0.29) is 17.6 Å². The second-order valence-corrected chi connectivity index (χ2v) is 8.29. The molecule has 0 saturated carbocycles. The van der Waals surface area contributed by atoms with Crippen molar-refractivity contribution in [3.8, 4) is 0 Å². The predicted octanol–water partition coefficient (Wildman–Crippen LogP) is 4.59. The average Bonchev–Trinajstić information content (AvgIpc) is 3.39. The summed E-state index contributed by atoms with van der Waals surface area (Å²) in [6.45, 7) is 1.29. The van der Waals surface area contributed by atoms with Gasteiger partial charge in [-0.2, -0.15) is 0 Å². The highest BCUT2D eigenvalue weighted by Crippen LogP contribution is 2.31. The Bertz CT molecular complexity index is 1060. The van der Waals surface area contributed by atoms with Gasteiger partial charge in [0.15, 0.2) is 5.78 Å². The maximum Gasteiger partial charge on any atom is 0.227 e. The van der Waals surface area contributed by atoms with E-state index in [9.17, 15) is 9.59 Å². The van der Waals surface area contributed by atoms with Crippen LogP contribution in [0.25, 0.3) is 11.0 Å². The predicted molar refractivity (Wildman–Crippen MR) is 112 cm³/mol. The third-order valence-electron chi connectivity index (χ3n) is 6.49. The molecule has 1 aliphatic carbocycles. The Morgan fingerprint density at radius 2 is 1.72 bits per heavy atom. The van der Waals surface area contributed by atoms with Crippen molar-refractivity contribution in [2.75, 3.05) is 13.1 Å². The van der Waals surface area contributed by atoms with Crippen LogP contribution in [0.5, 0.6) is 0 Å². The van der Waals surface area contributed by atoms with E-state index in [2.05, 4.69) is 12.1 Å². The number of Topliss-reactive ketones (excluding diaryl/α,β-unsaturated/α-hetero) is 1. The lowest BCUT2D eigenvalue weighted by atomic mass is 9.88. The maximum atomic E-state index is 12.9. The van der Waals surface area contributed by atoms with Crippen LogP contribution in [0.1, 0.15) is 46.3 Å². The number of hydrogen-bond donors (Lipinski definition) is 0. The van der Waals surface area contributed by atoms with Crippen LogP contribution in [0.15, 0.2) is 53.1 Å². The van der Waals surface area contributed by atoms with Gasteiger partial charge in [-0.3, -0.25) is 9.59 Å². The molecule has 2 aromatic carbocycles. The third kappa shape index (κ3) is 3.48. The van der Waals surface area contributed by atoms with E-state index in [0.29, 0.717) is 19.5 Å². The van der Waals surface area contributed by atoms with Gasteiger partial charge in [0.1, 0.15) is 5.58 Å². The highest BCUT2D eigenvalue weighted by atomic mass is 16.3. The highest BCUT2D eigenvalue weighted by molar-refractivity contribution is 5.98. The van der Waals surface area contributed by atoms with Gasteiger partial charge in [0.2, 0.25) is 5.91 Å². The fourth-order valence-corrected chi connectivity index (χ4v) is 4.79. The van der Waals surface area contributed by atoms with Crippen LogP contribution in [0.2, 0.25) is 0 Å². The standard InChI is InChI=1S/C25H25NO3/c27-24(15-21-16-29-23-14-20-8-4-7-19(20)13-22(21)23)26-11-9-18(10-12-26)25(28)17-5-2-1-3-6-17/h1-3,5-6,13-14,16,18H,4,7-12,15H2. The van der Waals surface area contributed by atoms with Crippen molar-refractivity contribution < 1.29 is 14.0 Å². The Hall–Kier alpha value is -2.88. The number of ketones is 1. The Morgan fingerprint density at radius 3 is 2.48 bits per heavy atom. The van der Waals surface area contributed by atoms with Gasteiger partial charge >= 0.3 is 0 Å². The third-order valence-corrected chi connectivity index (χ3v) is 6.49. The van der Waals surface area contributed by atoms with Crippen LogP contribution < -0.4 is 0 Å². The van der Waals surface area contributed by atoms with E-state index in [1.54, 1.807) is 6.26 Å². The molecule has 4 heteroatoms. The van der Waals surface area contributed by atoms with Gasteiger partial charge in [0, 0.05) is 35.5 Å². The van der Waals surface area contributed by atoms with Gasteiger partial charge in [0.25, 0.3) is 0 Å². The largest absolute Gasteiger partial charge is 0.464 e. The van der Waals surface area contributed by atoms with Crippen LogP contribution in [0.4, 0.5) is 0 Å². The zero-order valence-electron chi connectivity index (χ0n) is 16.5. The summed E-state index contributed by atoms with van der Waals surface area (Å²) in [7, 11) is 0. The lowest BCUT2D eigenvalue weighted by molar-refractivity contribution is -0.131. The van der Waals surface area contributed by atoms with Gasteiger partial charge < -0.3 is 9.32 Å². The van der Waals surface area contributed by atoms with Gasteiger partial charge in [-0.1, -0.05) is 30.3 Å². The SMILES string of the molecule is O=C(c1ccccc1)C1CCN(C(=O)Cc2coc3cc4c(cc23)CCC4)CC1. The molecule has 0 unspecified atom stereocenters. The number of benzene rings is 2. The summed E-state index contributed by atoms with van der Waals surface area (Å²) in [4.78, 5) is 27.4. The molecule has 5 rings (SSSR count). The minimum atomic E-state index is 0.0128. The zero-order chi connectivity index (χ0) is 19.8. The molecular formula is C25H25NO3. The molecule has 1 aliphatic heterocycles. The summed E-state index contributed by atoms with van der Waals surface area (Å²) >= 11 is 0. The molecule has 0 N–H and O–H groups in total. The number of furan rings is 1. The molecule has 4 nitrogen and oxygen atoms in total. The van der Waals surface area contributed by atoms with Crippen LogP contribution in [0.3, 0.4) is 0 Å². The number of rotatable bonds is 4. The van der Waals surface area contributed by atoms with Gasteiger partial charge in [0.05, 0.1) is 12.7 Å². The van der Waals surface area contributed by atoms with E-state index in [4.69, 9.17) is 4.42 Å². The van der Waals surface area contributed by atoms with E-state index in [0.717, 1.165) is 47.8 Å². The number of fused-ring (bicyclic) bond motifs is 2. The molecule has 0 radical (unpaired) electrons. The quantitative estimate of drug-likeness (QED) is 0.616. The maximum absolute atomic E-state index is 12.9. The second-order valence-electron chi connectivity index (χ2n) is 8.29. The van der Waals surface area contributed by atoms with Crippen LogP contribution in [-0.2, 0) is 24.1 Å². The molecule has 2 aliphatic rings. The summed E-state index contributed by atoms with van der Waals surface area (Å²) in [5, 5.41) is 1.08. The first kappa shape index (κ1) is 18.2. The lowest BCUT2D eigenvalue weighted by Crippen LogP contribution is -2.41. The number of aryl methyl sites for hydroxylation is 2. The fraction of sp³-hybridized carbons (Fsp3) is 0.360. The fourth-order valence-electron chi connectivity index (χ4n) is 4.79. The van der Waals surface area contributed by atoms with Crippen molar-refractivity contribution in [1.29, 1.82) is 0 Å². The Balaban J connectivity index is 1.24. The number of carbonyl (C=O) groups is 2. The smallest absolute Gasteiger partial charge is 0.227 e. The zero-order valence-corrected chi connectivity index (χ0v) is 16.5. The summed E-state index contributed by atoms with van der Waals surface area (Å²) in [5.41, 5.74) is 5.42. The number of hydrogen-bond acceptors (Lipinski definition) is 3. The second kappa shape index (κ2) is 7.51. The van der Waals surface area contributed by atoms with Crippen LogP contribution in [-0.4, -0.2) is 29.7 Å². The first-order chi connectivity index (χ1) is 14.2. The van der Waals surface area contributed by atoms with E-state index in [1.165, 1.54) is 17.5 Å². The van der Waals surface area contributed by atoms with Crippen molar-refractivity contribution >= 4 is 22.7 Å². The summed E-state index contributed by atoms with van der Waals surface area (Å²) in [5.74, 6) is 0.338. The van der Waals surface area contributed by atoms with Crippen molar-refractivity contribution in [1.82, 2.24) is 4.90 Å². The molecular weight excluding hydrogens is 362 g/mol. The van der Waals surface area contributed by atoms with Crippen LogP contribution >= 0.6 is 0 Å². The first-order valence-corrected chi connectivity index (χ1v) is 10.6. The van der Waals surface area contributed by atoms with Crippen molar-refractivity contribution in [3.05, 3.63) is 71.0 Å². The molecule has 0 bridgehead atoms. The summed E-state index contributed by atoms with van der Waals surface area (Å²) in [6.07, 6.45) is 7.02. The average molecular weight is 387 g/mol. The molecule has 1 fully saturated rings. The minimum Gasteiger partial charge on any atom is -0.464 e. The molecule has 2 heterocycles. The van der Waals surface area contributed by atoms with E-state index < -0.39 is 0 Å². The van der Waals surface area contributed by atoms with Crippen molar-refractivity contribution in [2.45, 2.75) is 38.5 Å². The van der Waals surface area contributed by atoms with Gasteiger partial charge in [-0.05, 0) is 55.4 Å². The minimum absolute atomic E-state index is 0.0128. The Labute approximate surface area is 170 Å². The lowest BCUT2D eigenvalue weighted by Gasteiger charge is -2.31. The molecule has 0 atom stereocenters. The monoisotopic (exact) mass is 387 g/mol. The molecule has 29 heavy (non-hydrogen) atoms. The number of carbonyl (C=O) groups excluding carboxylic acids is 2. The van der Waals surface area contributed by atoms with Crippen molar-refractivity contribution in [3.63, 3.8) is 0 Å². The number of piperidine rings is 1. The van der Waals surface area contributed by atoms with E-state index >= 15 is 0 Å². The summed E-state index contributed by atoms with van der Waals surface area (Å²) < 4.78 is 5.74. The van der Waals surface area contributed by atoms with Gasteiger partial charge in [-0.15, -0.1) is 0 Å². The van der Waals surface area contributed by atoms with Crippen molar-refractivity contribution in [2.24, 2.45) is 5.92 Å². The molecule has 3 aromatic rings. The van der Waals surface area contributed by atoms with E-state index in [1.807, 2.05) is 35.2 Å².